The van der Waals surface area contributed by atoms with E-state index >= 15 is 0 Å². The number of primary amides is 1. The van der Waals surface area contributed by atoms with Crippen LogP contribution in [0.1, 0.15) is 36.2 Å². The fourth-order valence-corrected chi connectivity index (χ4v) is 5.37. The van der Waals surface area contributed by atoms with Gasteiger partial charge in [0.1, 0.15) is 5.75 Å². The third-order valence-corrected chi connectivity index (χ3v) is 6.99. The van der Waals surface area contributed by atoms with Crippen LogP contribution in [-0.2, 0) is 11.3 Å². The zero-order valence-corrected chi connectivity index (χ0v) is 20.6. The van der Waals surface area contributed by atoms with Gasteiger partial charge in [0.2, 0.25) is 11.8 Å². The highest BCUT2D eigenvalue weighted by Crippen LogP contribution is 2.35. The fraction of sp³-hybridized carbons (Fsp3) is 0.393. The summed E-state index contributed by atoms with van der Waals surface area (Å²) in [6, 6.07) is 15.7. The van der Waals surface area contributed by atoms with E-state index in [2.05, 4.69) is 27.3 Å². The molecule has 8 nitrogen and oxygen atoms in total. The second-order valence-corrected chi connectivity index (χ2v) is 9.92. The summed E-state index contributed by atoms with van der Waals surface area (Å²) in [5, 5.41) is 4.73. The maximum Gasteiger partial charge on any atom is 0.252 e. The molecule has 0 bridgehead atoms. The first-order chi connectivity index (χ1) is 17.4. The molecule has 3 aromatic rings. The van der Waals surface area contributed by atoms with Crippen molar-refractivity contribution >= 4 is 22.6 Å². The van der Waals surface area contributed by atoms with Crippen molar-refractivity contribution in [1.29, 1.82) is 0 Å². The van der Waals surface area contributed by atoms with E-state index in [0.29, 0.717) is 30.2 Å². The fourth-order valence-electron chi connectivity index (χ4n) is 5.37. The number of fused-ring (bicyclic) bond motifs is 2. The predicted molar refractivity (Wildman–Crippen MR) is 137 cm³/mol. The number of benzene rings is 2. The van der Waals surface area contributed by atoms with Gasteiger partial charge in [-0.15, -0.1) is 0 Å². The van der Waals surface area contributed by atoms with Crippen molar-refractivity contribution in [2.75, 3.05) is 19.7 Å². The van der Waals surface area contributed by atoms with Gasteiger partial charge in [-0.25, -0.2) is 4.98 Å². The standard InChI is InChI=1S/C28H32N4O4/c1-17(2)36-25-13-20-19(12-21(25)26(29)33)8-10-30-28(20)35-11-9-24-22-15-32(16-23(22)27(34)31-24)14-18-6-4-3-5-7-18/h3-8,10,12-13,17,22-24H,9,11,14-16H2,1-2H3,(H2,29,33)(H,31,34)/t22-,23+,24+/m0/s1. The van der Waals surface area contributed by atoms with Crippen molar-refractivity contribution < 1.29 is 19.1 Å². The van der Waals surface area contributed by atoms with E-state index in [0.717, 1.165) is 30.4 Å². The molecule has 2 aliphatic rings. The minimum absolute atomic E-state index is 0.0253. The van der Waals surface area contributed by atoms with E-state index < -0.39 is 5.91 Å². The largest absolute Gasteiger partial charge is 0.490 e. The van der Waals surface area contributed by atoms with Crippen LogP contribution in [0, 0.1) is 11.8 Å². The number of hydrogen-bond acceptors (Lipinski definition) is 6. The molecule has 0 radical (unpaired) electrons. The molecule has 0 unspecified atom stereocenters. The average molecular weight is 489 g/mol. The molecule has 2 amide bonds. The first-order valence-electron chi connectivity index (χ1n) is 12.5. The highest BCUT2D eigenvalue weighted by Gasteiger charge is 2.47. The number of carbonyl (C=O) groups is 2. The van der Waals surface area contributed by atoms with Gasteiger partial charge in [-0.2, -0.15) is 0 Å². The van der Waals surface area contributed by atoms with Gasteiger partial charge in [0.15, 0.2) is 0 Å². The van der Waals surface area contributed by atoms with Gasteiger partial charge in [-0.05, 0) is 43.0 Å². The Morgan fingerprint density at radius 3 is 2.75 bits per heavy atom. The van der Waals surface area contributed by atoms with Crippen LogP contribution in [0.15, 0.2) is 54.7 Å². The van der Waals surface area contributed by atoms with Crippen molar-refractivity contribution in [2.45, 2.75) is 39.0 Å². The number of amides is 2. The topological polar surface area (TPSA) is 107 Å². The lowest BCUT2D eigenvalue weighted by molar-refractivity contribution is -0.122. The second kappa shape index (κ2) is 10.1. The van der Waals surface area contributed by atoms with Gasteiger partial charge in [0.25, 0.3) is 5.91 Å². The van der Waals surface area contributed by atoms with Crippen molar-refractivity contribution in [3.05, 3.63) is 65.9 Å². The molecule has 5 rings (SSSR count). The van der Waals surface area contributed by atoms with E-state index in [1.807, 2.05) is 38.1 Å². The van der Waals surface area contributed by atoms with Crippen molar-refractivity contribution in [2.24, 2.45) is 17.6 Å². The minimum atomic E-state index is -0.545. The molecule has 0 spiro atoms. The summed E-state index contributed by atoms with van der Waals surface area (Å²) in [6.45, 7) is 6.73. The van der Waals surface area contributed by atoms with Gasteiger partial charge >= 0.3 is 0 Å². The van der Waals surface area contributed by atoms with Crippen LogP contribution >= 0.6 is 0 Å². The Kier molecular flexibility index (Phi) is 6.78. The summed E-state index contributed by atoms with van der Waals surface area (Å²) in [5.74, 6) is 0.773. The molecule has 1 aromatic heterocycles. The summed E-state index contributed by atoms with van der Waals surface area (Å²) >= 11 is 0. The molecule has 188 valence electrons. The molecule has 2 saturated heterocycles. The molecule has 3 N–H and O–H groups in total. The third kappa shape index (κ3) is 4.99. The third-order valence-electron chi connectivity index (χ3n) is 6.99. The number of carbonyl (C=O) groups excluding carboxylic acids is 2. The van der Waals surface area contributed by atoms with E-state index in [-0.39, 0.29) is 29.9 Å². The van der Waals surface area contributed by atoms with Crippen molar-refractivity contribution in [3.8, 4) is 11.6 Å². The zero-order valence-electron chi connectivity index (χ0n) is 20.6. The maximum absolute atomic E-state index is 12.6. The van der Waals surface area contributed by atoms with Crippen LogP contribution in [0.2, 0.25) is 0 Å². The Morgan fingerprint density at radius 1 is 1.19 bits per heavy atom. The van der Waals surface area contributed by atoms with Crippen LogP contribution in [0.5, 0.6) is 11.6 Å². The van der Waals surface area contributed by atoms with Gasteiger partial charge in [-0.1, -0.05) is 30.3 Å². The molecule has 0 aliphatic carbocycles. The SMILES string of the molecule is CC(C)Oc1cc2c(OCC[C@H]3NC(=O)[C@@H]4CN(Cc5ccccc5)C[C@H]34)nccc2cc1C(N)=O. The number of ether oxygens (including phenoxy) is 2. The van der Waals surface area contributed by atoms with Gasteiger partial charge in [-0.3, -0.25) is 14.5 Å². The smallest absolute Gasteiger partial charge is 0.252 e. The molecule has 3 atom stereocenters. The predicted octanol–water partition coefficient (Wildman–Crippen LogP) is 3.14. The molecule has 2 aliphatic heterocycles. The number of likely N-dealkylation sites (tertiary alicyclic amines) is 1. The number of rotatable bonds is 9. The van der Waals surface area contributed by atoms with Gasteiger partial charge < -0.3 is 20.5 Å². The number of pyridine rings is 1. The summed E-state index contributed by atoms with van der Waals surface area (Å²) < 4.78 is 11.9. The first kappa shape index (κ1) is 24.1. The van der Waals surface area contributed by atoms with Crippen LogP contribution in [0.25, 0.3) is 10.8 Å². The van der Waals surface area contributed by atoms with Crippen molar-refractivity contribution in [3.63, 3.8) is 0 Å². The lowest BCUT2D eigenvalue weighted by atomic mass is 9.92. The molecule has 2 fully saturated rings. The molecule has 0 saturated carbocycles. The Labute approximate surface area is 210 Å². The Balaban J connectivity index is 1.26. The molecule has 2 aromatic carbocycles. The Morgan fingerprint density at radius 2 is 2.00 bits per heavy atom. The number of nitrogens with one attached hydrogen (secondary N) is 1. The number of hydrogen-bond donors (Lipinski definition) is 2. The first-order valence-corrected chi connectivity index (χ1v) is 12.5. The van der Waals surface area contributed by atoms with Crippen molar-refractivity contribution in [1.82, 2.24) is 15.2 Å². The van der Waals surface area contributed by atoms with Gasteiger partial charge in [0, 0.05) is 49.6 Å². The van der Waals surface area contributed by atoms with E-state index in [1.165, 1.54) is 5.56 Å². The van der Waals surface area contributed by atoms with Crippen LogP contribution < -0.4 is 20.5 Å². The lowest BCUT2D eigenvalue weighted by Crippen LogP contribution is -2.35. The number of nitrogens with zero attached hydrogens (tertiary/aromatic N) is 2. The summed E-state index contributed by atoms with van der Waals surface area (Å²) in [4.78, 5) is 31.4. The molecular formula is C28H32N4O4. The van der Waals surface area contributed by atoms with Crippen LogP contribution in [0.4, 0.5) is 0 Å². The maximum atomic E-state index is 12.6. The molecule has 3 heterocycles. The monoisotopic (exact) mass is 488 g/mol. The van der Waals surface area contributed by atoms with E-state index in [9.17, 15) is 9.59 Å². The molecule has 36 heavy (non-hydrogen) atoms. The minimum Gasteiger partial charge on any atom is -0.490 e. The van der Waals surface area contributed by atoms with Crippen LogP contribution in [0.3, 0.4) is 0 Å². The summed E-state index contributed by atoms with van der Waals surface area (Å²) in [5.41, 5.74) is 7.16. The highest BCUT2D eigenvalue weighted by atomic mass is 16.5. The van der Waals surface area contributed by atoms with Gasteiger partial charge in [0.05, 0.1) is 24.2 Å². The zero-order chi connectivity index (χ0) is 25.2. The molecular weight excluding hydrogens is 456 g/mol. The normalized spacial score (nSPS) is 21.5. The Bertz CT molecular complexity index is 1260. The molecule has 8 heteroatoms. The van der Waals surface area contributed by atoms with Crippen LogP contribution in [-0.4, -0.2) is 53.5 Å². The average Bonchev–Trinajstić information content (AvgIpc) is 3.38. The quantitative estimate of drug-likeness (QED) is 0.479. The summed E-state index contributed by atoms with van der Waals surface area (Å²) in [7, 11) is 0. The Hall–Kier alpha value is -3.65. The lowest BCUT2D eigenvalue weighted by Gasteiger charge is -2.21. The number of aromatic nitrogens is 1. The van der Waals surface area contributed by atoms with E-state index in [1.54, 1.807) is 18.3 Å². The second-order valence-electron chi connectivity index (χ2n) is 9.92. The number of nitrogens with two attached hydrogens (primary N) is 1. The highest BCUT2D eigenvalue weighted by molar-refractivity contribution is 6.01. The summed E-state index contributed by atoms with van der Waals surface area (Å²) in [6.07, 6.45) is 2.23. The van der Waals surface area contributed by atoms with E-state index in [4.69, 9.17) is 15.2 Å².